The summed E-state index contributed by atoms with van der Waals surface area (Å²) >= 11 is 0. The third-order valence-corrected chi connectivity index (χ3v) is 4.21. The van der Waals surface area contributed by atoms with Crippen molar-refractivity contribution in [2.45, 2.75) is 27.0 Å². The molecule has 1 aliphatic rings. The highest BCUT2D eigenvalue weighted by atomic mass is 16.5. The molecule has 7 nitrogen and oxygen atoms in total. The Morgan fingerprint density at radius 2 is 2.08 bits per heavy atom. The highest BCUT2D eigenvalue weighted by Crippen LogP contribution is 2.30. The fourth-order valence-corrected chi connectivity index (χ4v) is 3.10. The highest BCUT2D eigenvalue weighted by Gasteiger charge is 2.19. The van der Waals surface area contributed by atoms with Crippen molar-refractivity contribution in [1.82, 2.24) is 19.6 Å². The third-order valence-electron chi connectivity index (χ3n) is 4.21. The van der Waals surface area contributed by atoms with E-state index in [4.69, 9.17) is 9.84 Å². The van der Waals surface area contributed by atoms with Crippen LogP contribution in [-0.2, 0) is 25.0 Å². The number of ether oxygens (including phenoxy) is 1. The SMILES string of the molecule is CC(=O)Nc1ccc2c(c1)OCc1cc(-c3cc(C)nn3C)nn1C2. The first-order chi connectivity index (χ1) is 12.0. The zero-order valence-electron chi connectivity index (χ0n) is 14.4. The molecule has 3 heterocycles. The molecule has 0 bridgehead atoms. The van der Waals surface area contributed by atoms with E-state index in [2.05, 4.69) is 10.4 Å². The van der Waals surface area contributed by atoms with E-state index < -0.39 is 0 Å². The van der Waals surface area contributed by atoms with Gasteiger partial charge >= 0.3 is 0 Å². The van der Waals surface area contributed by atoms with Gasteiger partial charge in [0.15, 0.2) is 0 Å². The number of benzene rings is 1. The number of rotatable bonds is 2. The largest absolute Gasteiger partial charge is 0.487 e. The molecule has 0 aliphatic carbocycles. The summed E-state index contributed by atoms with van der Waals surface area (Å²) in [7, 11) is 1.92. The second kappa shape index (κ2) is 5.77. The molecule has 128 valence electrons. The Morgan fingerprint density at radius 1 is 1.24 bits per heavy atom. The number of nitrogens with zero attached hydrogens (tertiary/aromatic N) is 4. The van der Waals surface area contributed by atoms with Crippen LogP contribution in [0.3, 0.4) is 0 Å². The minimum Gasteiger partial charge on any atom is -0.487 e. The van der Waals surface area contributed by atoms with Crippen LogP contribution < -0.4 is 10.1 Å². The molecule has 25 heavy (non-hydrogen) atoms. The average Bonchev–Trinajstić information content (AvgIpc) is 3.04. The van der Waals surface area contributed by atoms with Crippen molar-refractivity contribution in [3.8, 4) is 17.1 Å². The highest BCUT2D eigenvalue weighted by molar-refractivity contribution is 5.88. The molecule has 1 N–H and O–H groups in total. The van der Waals surface area contributed by atoms with Gasteiger partial charge in [-0.25, -0.2) is 0 Å². The van der Waals surface area contributed by atoms with Crippen LogP contribution in [-0.4, -0.2) is 25.5 Å². The normalized spacial score (nSPS) is 12.8. The molecule has 1 aliphatic heterocycles. The van der Waals surface area contributed by atoms with Crippen LogP contribution in [0.1, 0.15) is 23.9 Å². The molecule has 2 aromatic heterocycles. The summed E-state index contributed by atoms with van der Waals surface area (Å²) in [4.78, 5) is 11.2. The predicted octanol–water partition coefficient (Wildman–Crippen LogP) is 2.49. The maximum Gasteiger partial charge on any atom is 0.221 e. The van der Waals surface area contributed by atoms with Gasteiger partial charge in [-0.2, -0.15) is 10.2 Å². The monoisotopic (exact) mass is 337 g/mol. The first-order valence-electron chi connectivity index (χ1n) is 8.10. The van der Waals surface area contributed by atoms with Gasteiger partial charge in [0.1, 0.15) is 18.1 Å². The summed E-state index contributed by atoms with van der Waals surface area (Å²) in [5.74, 6) is 0.673. The van der Waals surface area contributed by atoms with Crippen molar-refractivity contribution in [3.05, 3.63) is 47.3 Å². The maximum absolute atomic E-state index is 11.2. The summed E-state index contributed by atoms with van der Waals surface area (Å²) < 4.78 is 9.75. The molecule has 0 unspecified atom stereocenters. The number of aryl methyl sites for hydroxylation is 2. The molecule has 7 heteroatoms. The van der Waals surface area contributed by atoms with Crippen LogP contribution in [0.25, 0.3) is 11.4 Å². The molecule has 3 aromatic rings. The number of carbonyl (C=O) groups excluding carboxylic acids is 1. The second-order valence-electron chi connectivity index (χ2n) is 6.27. The molecule has 1 aromatic carbocycles. The first-order valence-corrected chi connectivity index (χ1v) is 8.10. The van der Waals surface area contributed by atoms with Gasteiger partial charge in [-0.3, -0.25) is 14.2 Å². The fourth-order valence-electron chi connectivity index (χ4n) is 3.10. The van der Waals surface area contributed by atoms with Gasteiger partial charge in [0.05, 0.1) is 23.6 Å². The Morgan fingerprint density at radius 3 is 2.80 bits per heavy atom. The molecule has 0 spiro atoms. The summed E-state index contributed by atoms with van der Waals surface area (Å²) in [5, 5.41) is 11.9. The number of fused-ring (bicyclic) bond motifs is 2. The summed E-state index contributed by atoms with van der Waals surface area (Å²) in [6.45, 7) is 4.52. The number of anilines is 1. The summed E-state index contributed by atoms with van der Waals surface area (Å²) in [5.41, 5.74) is 5.61. The van der Waals surface area contributed by atoms with Crippen LogP contribution in [0.15, 0.2) is 30.3 Å². The van der Waals surface area contributed by atoms with E-state index in [1.165, 1.54) is 6.92 Å². The van der Waals surface area contributed by atoms with E-state index in [-0.39, 0.29) is 5.91 Å². The molecule has 0 radical (unpaired) electrons. The molecule has 0 fully saturated rings. The Kier molecular flexibility index (Phi) is 3.56. The van der Waals surface area contributed by atoms with E-state index >= 15 is 0 Å². The predicted molar refractivity (Wildman–Crippen MR) is 93.3 cm³/mol. The van der Waals surface area contributed by atoms with Crippen LogP contribution in [0.4, 0.5) is 5.69 Å². The van der Waals surface area contributed by atoms with E-state index in [0.29, 0.717) is 13.2 Å². The van der Waals surface area contributed by atoms with Crippen molar-refractivity contribution in [1.29, 1.82) is 0 Å². The Bertz CT molecular complexity index is 970. The van der Waals surface area contributed by atoms with Crippen molar-refractivity contribution >= 4 is 11.6 Å². The van der Waals surface area contributed by atoms with Gasteiger partial charge in [-0.15, -0.1) is 0 Å². The van der Waals surface area contributed by atoms with E-state index in [0.717, 1.165) is 39.8 Å². The molecule has 0 saturated carbocycles. The van der Waals surface area contributed by atoms with Crippen LogP contribution in [0.2, 0.25) is 0 Å². The lowest BCUT2D eigenvalue weighted by Crippen LogP contribution is -2.06. The van der Waals surface area contributed by atoms with Crippen molar-refractivity contribution in [2.75, 3.05) is 5.32 Å². The fraction of sp³-hybridized carbons (Fsp3) is 0.278. The quantitative estimate of drug-likeness (QED) is 0.780. The van der Waals surface area contributed by atoms with Gasteiger partial charge in [0.25, 0.3) is 0 Å². The molecular formula is C18H19N5O2. The molecule has 1 amide bonds. The van der Waals surface area contributed by atoms with Crippen molar-refractivity contribution in [3.63, 3.8) is 0 Å². The Balaban J connectivity index is 1.66. The zero-order chi connectivity index (χ0) is 17.6. The Hall–Kier alpha value is -3.09. The standard InChI is InChI=1S/C18H19N5O2/c1-11-6-17(22(3)20-11)16-8-15-10-25-18-7-14(19-12(2)24)5-4-13(18)9-23(15)21-16/h4-8H,9-10H2,1-3H3,(H,19,24). The summed E-state index contributed by atoms with van der Waals surface area (Å²) in [6.07, 6.45) is 0. The topological polar surface area (TPSA) is 74.0 Å². The van der Waals surface area contributed by atoms with E-state index in [1.807, 2.05) is 53.7 Å². The number of aromatic nitrogens is 4. The Labute approximate surface area is 145 Å². The van der Waals surface area contributed by atoms with Gasteiger partial charge < -0.3 is 10.1 Å². The lowest BCUT2D eigenvalue weighted by molar-refractivity contribution is -0.114. The molecule has 4 rings (SSSR count). The van der Waals surface area contributed by atoms with Crippen LogP contribution in [0.5, 0.6) is 5.75 Å². The van der Waals surface area contributed by atoms with Gasteiger partial charge in [0.2, 0.25) is 5.91 Å². The van der Waals surface area contributed by atoms with Crippen LogP contribution in [0, 0.1) is 6.92 Å². The van der Waals surface area contributed by atoms with Crippen molar-refractivity contribution in [2.24, 2.45) is 7.05 Å². The van der Waals surface area contributed by atoms with Gasteiger partial charge in [-0.05, 0) is 25.1 Å². The van der Waals surface area contributed by atoms with Gasteiger partial charge in [-0.1, -0.05) is 6.07 Å². The molecular weight excluding hydrogens is 318 g/mol. The minimum absolute atomic E-state index is 0.0994. The number of hydrogen-bond acceptors (Lipinski definition) is 4. The lowest BCUT2D eigenvalue weighted by atomic mass is 10.2. The average molecular weight is 337 g/mol. The van der Waals surface area contributed by atoms with E-state index in [1.54, 1.807) is 0 Å². The number of hydrogen-bond donors (Lipinski definition) is 1. The lowest BCUT2D eigenvalue weighted by Gasteiger charge is -2.09. The maximum atomic E-state index is 11.2. The zero-order valence-corrected chi connectivity index (χ0v) is 14.4. The smallest absolute Gasteiger partial charge is 0.221 e. The minimum atomic E-state index is -0.0994. The summed E-state index contributed by atoms with van der Waals surface area (Å²) in [6, 6.07) is 9.76. The number of nitrogens with one attached hydrogen (secondary N) is 1. The van der Waals surface area contributed by atoms with Crippen molar-refractivity contribution < 1.29 is 9.53 Å². The van der Waals surface area contributed by atoms with Crippen LogP contribution >= 0.6 is 0 Å². The third kappa shape index (κ3) is 2.88. The second-order valence-corrected chi connectivity index (χ2v) is 6.27. The van der Waals surface area contributed by atoms with Gasteiger partial charge in [0, 0.05) is 31.3 Å². The molecule has 0 atom stereocenters. The number of carbonyl (C=O) groups is 1. The molecule has 0 saturated heterocycles. The number of amides is 1. The van der Waals surface area contributed by atoms with E-state index in [9.17, 15) is 4.79 Å². The first kappa shape index (κ1) is 15.4.